The van der Waals surface area contributed by atoms with E-state index in [9.17, 15) is 14.7 Å². The zero-order valence-corrected chi connectivity index (χ0v) is 17.6. The molecule has 7 nitrogen and oxygen atoms in total. The lowest BCUT2D eigenvalue weighted by Crippen LogP contribution is -2.29. The summed E-state index contributed by atoms with van der Waals surface area (Å²) >= 11 is 0. The van der Waals surface area contributed by atoms with Gasteiger partial charge in [0.25, 0.3) is 11.7 Å². The summed E-state index contributed by atoms with van der Waals surface area (Å²) in [6.45, 7) is 2.71. The van der Waals surface area contributed by atoms with Gasteiger partial charge >= 0.3 is 0 Å². The normalized spacial score (nSPS) is 17.5. The van der Waals surface area contributed by atoms with Crippen molar-refractivity contribution in [3.05, 3.63) is 95.6 Å². The third-order valence-corrected chi connectivity index (χ3v) is 5.20. The first-order chi connectivity index (χ1) is 15.6. The number of amides is 1. The average Bonchev–Trinajstić information content (AvgIpc) is 3.08. The van der Waals surface area contributed by atoms with Crippen molar-refractivity contribution >= 4 is 17.4 Å². The van der Waals surface area contributed by atoms with Gasteiger partial charge in [0.2, 0.25) is 0 Å². The molecule has 1 amide bonds. The molecule has 1 fully saturated rings. The maximum atomic E-state index is 13.1. The van der Waals surface area contributed by atoms with Crippen LogP contribution in [0.15, 0.2) is 78.9 Å². The van der Waals surface area contributed by atoms with Gasteiger partial charge in [-0.1, -0.05) is 31.2 Å². The molecular weight excluding hydrogens is 406 g/mol. The lowest BCUT2D eigenvalue weighted by molar-refractivity contribution is -0.140. The Morgan fingerprint density at radius 2 is 1.84 bits per heavy atom. The van der Waals surface area contributed by atoms with Crippen LogP contribution in [0.4, 0.5) is 0 Å². The van der Waals surface area contributed by atoms with Crippen LogP contribution >= 0.6 is 0 Å². The highest BCUT2D eigenvalue weighted by atomic mass is 16.5. The van der Waals surface area contributed by atoms with Gasteiger partial charge in [-0.15, -0.1) is 0 Å². The van der Waals surface area contributed by atoms with Crippen LogP contribution in [-0.4, -0.2) is 38.3 Å². The lowest BCUT2D eigenvalue weighted by atomic mass is 9.96. The van der Waals surface area contributed by atoms with Crippen molar-refractivity contribution in [1.82, 2.24) is 14.9 Å². The fourth-order valence-electron chi connectivity index (χ4n) is 3.72. The summed E-state index contributed by atoms with van der Waals surface area (Å²) in [7, 11) is 0. The quantitative estimate of drug-likeness (QED) is 0.348. The molecule has 4 rings (SSSR count). The third kappa shape index (κ3) is 4.23. The highest BCUT2D eigenvalue weighted by molar-refractivity contribution is 6.46. The fraction of sp³-hybridized carbons (Fsp3) is 0.200. The summed E-state index contributed by atoms with van der Waals surface area (Å²) in [6, 6.07) is 13.2. The second-order valence-electron chi connectivity index (χ2n) is 7.45. The van der Waals surface area contributed by atoms with Crippen LogP contribution < -0.4 is 4.74 Å². The zero-order valence-electron chi connectivity index (χ0n) is 17.6. The van der Waals surface area contributed by atoms with E-state index in [1.807, 2.05) is 13.0 Å². The molecule has 1 atom stereocenters. The molecule has 0 bridgehead atoms. The van der Waals surface area contributed by atoms with Crippen molar-refractivity contribution < 1.29 is 19.4 Å². The summed E-state index contributed by atoms with van der Waals surface area (Å²) in [5, 5.41) is 11.2. The van der Waals surface area contributed by atoms with E-state index >= 15 is 0 Å². The number of aliphatic hydroxyl groups is 1. The summed E-state index contributed by atoms with van der Waals surface area (Å²) in [5.41, 5.74) is 1.85. The third-order valence-electron chi connectivity index (χ3n) is 5.20. The Labute approximate surface area is 186 Å². The molecule has 162 valence electrons. The number of hydrogen-bond acceptors (Lipinski definition) is 6. The number of rotatable bonds is 7. The van der Waals surface area contributed by atoms with Gasteiger partial charge in [0.05, 0.1) is 18.2 Å². The second kappa shape index (κ2) is 9.43. The Morgan fingerprint density at radius 1 is 1.06 bits per heavy atom. The van der Waals surface area contributed by atoms with Crippen molar-refractivity contribution in [3.8, 4) is 5.75 Å². The molecule has 1 N–H and O–H groups in total. The van der Waals surface area contributed by atoms with Gasteiger partial charge in [0, 0.05) is 36.9 Å². The lowest BCUT2D eigenvalue weighted by Gasteiger charge is -2.25. The summed E-state index contributed by atoms with van der Waals surface area (Å²) < 4.78 is 5.66. The Morgan fingerprint density at radius 3 is 2.53 bits per heavy atom. The molecular formula is C25H23N3O4. The van der Waals surface area contributed by atoms with Crippen LogP contribution in [0.2, 0.25) is 0 Å². The Hall–Kier alpha value is -4.00. The predicted octanol–water partition coefficient (Wildman–Crippen LogP) is 3.89. The van der Waals surface area contributed by atoms with Gasteiger partial charge in [-0.05, 0) is 41.8 Å². The number of benzene rings is 1. The number of likely N-dealkylation sites (tertiary alicyclic amines) is 1. The van der Waals surface area contributed by atoms with Gasteiger partial charge in [-0.2, -0.15) is 0 Å². The maximum absolute atomic E-state index is 13.1. The molecule has 0 spiro atoms. The highest BCUT2D eigenvalue weighted by Crippen LogP contribution is 2.40. The van der Waals surface area contributed by atoms with Crippen LogP contribution in [0.1, 0.15) is 36.1 Å². The fourth-order valence-corrected chi connectivity index (χ4v) is 3.72. The Bertz CT molecular complexity index is 1150. The Balaban J connectivity index is 1.80. The Kier molecular flexibility index (Phi) is 6.26. The largest absolute Gasteiger partial charge is 0.507 e. The van der Waals surface area contributed by atoms with Crippen LogP contribution in [-0.2, 0) is 16.1 Å². The number of nitrogens with zero attached hydrogens (tertiary/aromatic N) is 3. The number of aliphatic hydroxyl groups excluding tert-OH is 1. The van der Waals surface area contributed by atoms with Crippen LogP contribution in [0.25, 0.3) is 5.76 Å². The first-order valence-corrected chi connectivity index (χ1v) is 10.4. The van der Waals surface area contributed by atoms with Crippen molar-refractivity contribution in [2.45, 2.75) is 25.9 Å². The van der Waals surface area contributed by atoms with E-state index in [0.29, 0.717) is 23.5 Å². The maximum Gasteiger partial charge on any atom is 0.295 e. The zero-order chi connectivity index (χ0) is 22.5. The minimum absolute atomic E-state index is 0.0273. The number of aromatic nitrogens is 2. The summed E-state index contributed by atoms with van der Waals surface area (Å²) in [5.74, 6) is -1.07. The summed E-state index contributed by atoms with van der Waals surface area (Å²) in [4.78, 5) is 35.8. The predicted molar refractivity (Wildman–Crippen MR) is 119 cm³/mol. The van der Waals surface area contributed by atoms with Gasteiger partial charge in [0.1, 0.15) is 11.5 Å². The minimum Gasteiger partial charge on any atom is -0.507 e. The number of pyridine rings is 2. The first kappa shape index (κ1) is 21.2. The van der Waals surface area contributed by atoms with Crippen LogP contribution in [0, 0.1) is 0 Å². The van der Waals surface area contributed by atoms with E-state index in [1.165, 1.54) is 4.90 Å². The smallest absolute Gasteiger partial charge is 0.295 e. The van der Waals surface area contributed by atoms with E-state index in [-0.39, 0.29) is 17.9 Å². The highest BCUT2D eigenvalue weighted by Gasteiger charge is 2.46. The molecule has 3 aromatic rings. The van der Waals surface area contributed by atoms with Crippen molar-refractivity contribution in [3.63, 3.8) is 0 Å². The van der Waals surface area contributed by atoms with Crippen LogP contribution in [0.5, 0.6) is 5.75 Å². The number of carbonyl (C=O) groups is 2. The van der Waals surface area contributed by atoms with Gasteiger partial charge in [0.15, 0.2) is 0 Å². The van der Waals surface area contributed by atoms with Crippen LogP contribution in [0.3, 0.4) is 0 Å². The number of ether oxygens (including phenoxy) is 1. The molecule has 1 aromatic carbocycles. The van der Waals surface area contributed by atoms with E-state index < -0.39 is 17.7 Å². The molecule has 0 aliphatic carbocycles. The molecule has 1 unspecified atom stereocenters. The van der Waals surface area contributed by atoms with E-state index in [1.54, 1.807) is 67.3 Å². The van der Waals surface area contributed by atoms with Gasteiger partial charge in [-0.3, -0.25) is 19.6 Å². The monoisotopic (exact) mass is 429 g/mol. The van der Waals surface area contributed by atoms with Crippen molar-refractivity contribution in [2.24, 2.45) is 0 Å². The van der Waals surface area contributed by atoms with Gasteiger partial charge < -0.3 is 14.7 Å². The molecule has 0 radical (unpaired) electrons. The topological polar surface area (TPSA) is 92.6 Å². The minimum atomic E-state index is -0.774. The number of carbonyl (C=O) groups excluding carboxylic acids is 2. The molecule has 3 heterocycles. The van der Waals surface area contributed by atoms with Crippen molar-refractivity contribution in [2.75, 3.05) is 6.61 Å². The van der Waals surface area contributed by atoms with E-state index in [4.69, 9.17) is 4.74 Å². The molecule has 7 heteroatoms. The first-order valence-electron chi connectivity index (χ1n) is 10.4. The van der Waals surface area contributed by atoms with E-state index in [0.717, 1.165) is 12.0 Å². The molecule has 0 saturated carbocycles. The number of ketones is 1. The SMILES string of the molecule is CCCOc1cccc(/C(O)=C2/C(=O)C(=O)N(Cc3cccnc3)C2c2cccnc2)c1. The second-order valence-corrected chi connectivity index (χ2v) is 7.45. The van der Waals surface area contributed by atoms with E-state index in [2.05, 4.69) is 9.97 Å². The van der Waals surface area contributed by atoms with Crippen molar-refractivity contribution in [1.29, 1.82) is 0 Å². The summed E-state index contributed by atoms with van der Waals surface area (Å²) in [6.07, 6.45) is 7.35. The molecule has 32 heavy (non-hydrogen) atoms. The molecule has 1 aliphatic heterocycles. The standard InChI is InChI=1S/C25H23N3O4/c1-2-12-32-20-9-3-7-18(13-20)23(29)21-22(19-8-5-11-27-15-19)28(25(31)24(21)30)16-17-6-4-10-26-14-17/h3-11,13-15,22,29H,2,12,16H2,1H3/b23-21-. The number of hydrogen-bond donors (Lipinski definition) is 1. The molecule has 1 aliphatic rings. The molecule has 1 saturated heterocycles. The molecule has 2 aromatic heterocycles. The van der Waals surface area contributed by atoms with Gasteiger partial charge in [-0.25, -0.2) is 0 Å². The number of Topliss-reactive ketones (excluding diaryl/α,β-unsaturated/α-hetero) is 1. The average molecular weight is 429 g/mol.